The Morgan fingerprint density at radius 3 is 2.05 bits per heavy atom. The van der Waals surface area contributed by atoms with Crippen LogP contribution in [0.3, 0.4) is 0 Å². The predicted octanol–water partition coefficient (Wildman–Crippen LogP) is 5.32. The van der Waals surface area contributed by atoms with E-state index in [2.05, 4.69) is 5.32 Å². The molecule has 0 heterocycles. The Kier molecular flexibility index (Phi) is 11.1. The molecule has 41 heavy (non-hydrogen) atoms. The number of carbonyl (C=O) groups excluding carboxylic acids is 2. The van der Waals surface area contributed by atoms with Gasteiger partial charge in [0.1, 0.15) is 6.04 Å². The van der Waals surface area contributed by atoms with Gasteiger partial charge in [0.2, 0.25) is 21.8 Å². The van der Waals surface area contributed by atoms with Gasteiger partial charge in [-0.05, 0) is 75.4 Å². The summed E-state index contributed by atoms with van der Waals surface area (Å²) in [5.74, 6) is -0.405. The third-order valence-electron chi connectivity index (χ3n) is 6.78. The number of carbonyl (C=O) groups is 2. The van der Waals surface area contributed by atoms with Crippen LogP contribution in [0.2, 0.25) is 0 Å². The fourth-order valence-corrected chi connectivity index (χ4v) is 5.99. The van der Waals surface area contributed by atoms with E-state index in [1.807, 2.05) is 107 Å². The van der Waals surface area contributed by atoms with Crippen molar-refractivity contribution in [1.29, 1.82) is 0 Å². The summed E-state index contributed by atoms with van der Waals surface area (Å²) in [7, 11) is -3.56. The number of sulfonamides is 1. The molecule has 2 amide bonds. The van der Waals surface area contributed by atoms with E-state index in [0.717, 1.165) is 27.8 Å². The van der Waals surface area contributed by atoms with Gasteiger partial charge >= 0.3 is 0 Å². The van der Waals surface area contributed by atoms with Gasteiger partial charge in [-0.3, -0.25) is 13.9 Å². The summed E-state index contributed by atoms with van der Waals surface area (Å²) < 4.78 is 26.8. The van der Waals surface area contributed by atoms with Crippen LogP contribution in [-0.2, 0) is 32.6 Å². The molecule has 0 saturated carbocycles. The molecule has 0 saturated heterocycles. The molecule has 3 aromatic rings. The lowest BCUT2D eigenvalue weighted by molar-refractivity contribution is -0.141. The van der Waals surface area contributed by atoms with Crippen molar-refractivity contribution >= 4 is 27.5 Å². The minimum Gasteiger partial charge on any atom is -0.352 e. The van der Waals surface area contributed by atoms with Gasteiger partial charge < -0.3 is 10.2 Å². The second-order valence-corrected chi connectivity index (χ2v) is 13.1. The molecular formula is C33H43N3O4S. The first-order valence-corrected chi connectivity index (χ1v) is 15.9. The van der Waals surface area contributed by atoms with Crippen molar-refractivity contribution in [2.24, 2.45) is 0 Å². The predicted molar refractivity (Wildman–Crippen MR) is 166 cm³/mol. The van der Waals surface area contributed by atoms with Crippen molar-refractivity contribution in [2.45, 2.75) is 72.5 Å². The third-order valence-corrected chi connectivity index (χ3v) is 7.98. The second-order valence-electron chi connectivity index (χ2n) is 11.2. The number of hydrogen-bond acceptors (Lipinski definition) is 4. The molecule has 3 rings (SSSR count). The number of nitrogens with zero attached hydrogens (tertiary/aromatic N) is 2. The second kappa shape index (κ2) is 14.3. The average Bonchev–Trinajstić information content (AvgIpc) is 2.87. The fraction of sp³-hybridized carbons (Fsp3) is 0.394. The standard InChI is InChI=1S/C33H43N3O4S/c1-24(2)34-33(38)31(22-28-13-8-7-9-14-28)35(23-29-15-10-12-25(3)19-29)32(37)16-11-17-36(41(6,39)40)30-20-26(4)18-27(5)21-30/h7-10,12-15,18-21,24,31H,11,16-17,22-23H2,1-6H3,(H,34,38)/t31-/m1/s1. The van der Waals surface area contributed by atoms with Crippen molar-refractivity contribution in [3.8, 4) is 0 Å². The zero-order valence-corrected chi connectivity index (χ0v) is 25.9. The van der Waals surface area contributed by atoms with E-state index in [-0.39, 0.29) is 37.4 Å². The van der Waals surface area contributed by atoms with Crippen LogP contribution in [0.1, 0.15) is 54.5 Å². The highest BCUT2D eigenvalue weighted by Gasteiger charge is 2.31. The summed E-state index contributed by atoms with van der Waals surface area (Å²) in [4.78, 5) is 29.1. The van der Waals surface area contributed by atoms with Gasteiger partial charge in [0, 0.05) is 32.0 Å². The Bertz CT molecular complexity index is 1420. The zero-order valence-electron chi connectivity index (χ0n) is 25.1. The molecule has 0 spiro atoms. The number of aryl methyl sites for hydroxylation is 3. The summed E-state index contributed by atoms with van der Waals surface area (Å²) in [6.45, 7) is 10.1. The van der Waals surface area contributed by atoms with Gasteiger partial charge in [0.05, 0.1) is 11.9 Å². The van der Waals surface area contributed by atoms with Crippen molar-refractivity contribution in [3.63, 3.8) is 0 Å². The summed E-state index contributed by atoms with van der Waals surface area (Å²) in [6, 6.07) is 22.5. The summed E-state index contributed by atoms with van der Waals surface area (Å²) in [5, 5.41) is 3.00. The SMILES string of the molecule is Cc1cccc(CN(C(=O)CCCN(c2cc(C)cc(C)c2)S(C)(=O)=O)[C@H](Cc2ccccc2)C(=O)NC(C)C)c1. The molecule has 0 aliphatic rings. The molecule has 8 heteroatoms. The Hall–Kier alpha value is -3.65. The lowest BCUT2D eigenvalue weighted by Gasteiger charge is -2.32. The summed E-state index contributed by atoms with van der Waals surface area (Å²) in [6.07, 6.45) is 1.97. The monoisotopic (exact) mass is 577 g/mol. The van der Waals surface area contributed by atoms with E-state index < -0.39 is 16.1 Å². The minimum atomic E-state index is -3.56. The van der Waals surface area contributed by atoms with E-state index in [0.29, 0.717) is 18.5 Å². The first-order chi connectivity index (χ1) is 19.3. The molecule has 220 valence electrons. The third kappa shape index (κ3) is 9.74. The summed E-state index contributed by atoms with van der Waals surface area (Å²) >= 11 is 0. The van der Waals surface area contributed by atoms with Crippen molar-refractivity contribution in [2.75, 3.05) is 17.1 Å². The molecule has 1 atom stereocenters. The van der Waals surface area contributed by atoms with E-state index in [1.165, 1.54) is 10.6 Å². The van der Waals surface area contributed by atoms with Gasteiger partial charge in [-0.1, -0.05) is 66.2 Å². The number of anilines is 1. The van der Waals surface area contributed by atoms with E-state index in [1.54, 1.807) is 4.90 Å². The number of hydrogen-bond donors (Lipinski definition) is 1. The zero-order chi connectivity index (χ0) is 30.2. The Morgan fingerprint density at radius 1 is 0.829 bits per heavy atom. The first-order valence-electron chi connectivity index (χ1n) is 14.1. The van der Waals surface area contributed by atoms with Crippen LogP contribution in [0.25, 0.3) is 0 Å². The highest BCUT2D eigenvalue weighted by Crippen LogP contribution is 2.23. The quantitative estimate of drug-likeness (QED) is 0.298. The van der Waals surface area contributed by atoms with Crippen LogP contribution in [0.5, 0.6) is 0 Å². The van der Waals surface area contributed by atoms with Crippen LogP contribution in [0.4, 0.5) is 5.69 Å². The van der Waals surface area contributed by atoms with Gasteiger partial charge in [-0.25, -0.2) is 8.42 Å². The molecule has 0 fully saturated rings. The van der Waals surface area contributed by atoms with Gasteiger partial charge in [-0.15, -0.1) is 0 Å². The maximum atomic E-state index is 13.9. The van der Waals surface area contributed by atoms with Crippen LogP contribution < -0.4 is 9.62 Å². The smallest absolute Gasteiger partial charge is 0.243 e. The molecule has 0 unspecified atom stereocenters. The van der Waals surface area contributed by atoms with Crippen molar-refractivity contribution < 1.29 is 18.0 Å². The topological polar surface area (TPSA) is 86.8 Å². The van der Waals surface area contributed by atoms with Gasteiger partial charge in [0.25, 0.3) is 0 Å². The first kappa shape index (κ1) is 31.9. The highest BCUT2D eigenvalue weighted by molar-refractivity contribution is 7.92. The van der Waals surface area contributed by atoms with Crippen LogP contribution in [0, 0.1) is 20.8 Å². The molecule has 0 aliphatic heterocycles. The Balaban J connectivity index is 1.89. The van der Waals surface area contributed by atoms with Crippen LogP contribution in [0.15, 0.2) is 72.8 Å². The normalized spacial score (nSPS) is 12.2. The molecule has 0 radical (unpaired) electrons. The minimum absolute atomic E-state index is 0.0854. The molecule has 7 nitrogen and oxygen atoms in total. The fourth-order valence-electron chi connectivity index (χ4n) is 5.04. The number of benzene rings is 3. The van der Waals surface area contributed by atoms with Gasteiger partial charge in [-0.2, -0.15) is 0 Å². The van der Waals surface area contributed by atoms with Crippen LogP contribution in [-0.4, -0.2) is 50.0 Å². The lowest BCUT2D eigenvalue weighted by Crippen LogP contribution is -2.51. The van der Waals surface area contributed by atoms with E-state index in [4.69, 9.17) is 0 Å². The molecule has 1 N–H and O–H groups in total. The summed E-state index contributed by atoms with van der Waals surface area (Å²) in [5.41, 5.74) is 5.48. The maximum Gasteiger partial charge on any atom is 0.243 e. The number of nitrogens with one attached hydrogen (secondary N) is 1. The molecule has 0 aromatic heterocycles. The molecule has 3 aromatic carbocycles. The number of amides is 2. The van der Waals surface area contributed by atoms with Crippen molar-refractivity contribution in [3.05, 3.63) is 101 Å². The van der Waals surface area contributed by atoms with Crippen LogP contribution >= 0.6 is 0 Å². The van der Waals surface area contributed by atoms with Gasteiger partial charge in [0.15, 0.2) is 0 Å². The maximum absolute atomic E-state index is 13.9. The average molecular weight is 578 g/mol. The van der Waals surface area contributed by atoms with E-state index in [9.17, 15) is 18.0 Å². The van der Waals surface area contributed by atoms with E-state index >= 15 is 0 Å². The molecule has 0 aliphatic carbocycles. The molecular weight excluding hydrogens is 534 g/mol. The lowest BCUT2D eigenvalue weighted by atomic mass is 10.0. The highest BCUT2D eigenvalue weighted by atomic mass is 32.2. The molecule has 0 bridgehead atoms. The largest absolute Gasteiger partial charge is 0.352 e. The Labute approximate surface area is 245 Å². The number of rotatable bonds is 13. The van der Waals surface area contributed by atoms with Crippen molar-refractivity contribution in [1.82, 2.24) is 10.2 Å². The Morgan fingerprint density at radius 2 is 1.46 bits per heavy atom.